The second-order valence-electron chi connectivity index (χ2n) is 0.101. The molecule has 0 saturated heterocycles. The molecule has 0 aromatic heterocycles. The number of hydrogen-bond donors (Lipinski definition) is 0. The van der Waals surface area contributed by atoms with Gasteiger partial charge < -0.3 is 0 Å². The maximum Gasteiger partial charge on any atom is 0.0967 e. The van der Waals surface area contributed by atoms with Gasteiger partial charge in [-0.25, -0.2) is 0 Å². The maximum atomic E-state index is 4.76. The summed E-state index contributed by atoms with van der Waals surface area (Å²) in [5, 5.41) is 0.194. The van der Waals surface area contributed by atoms with E-state index in [4.69, 9.17) is 23.2 Å². The monoisotopic (exact) mass is 140 g/mol. The number of halogens is 2. The molecule has 0 saturated carbocycles. The van der Waals surface area contributed by atoms with Gasteiger partial charge in [0.1, 0.15) is 0 Å². The minimum absolute atomic E-state index is 0. The standard InChI is InChI=1S/CH2Cl2.Fe/c2-1-3;/h1H2;. The SMILES string of the molecule is ClCCl.[Fe]. The molecule has 0 amide bonds. The Morgan fingerprint density at radius 2 is 1.25 bits per heavy atom. The molecule has 0 bridgehead atoms. The van der Waals surface area contributed by atoms with Crippen molar-refractivity contribution in [3.8, 4) is 0 Å². The summed E-state index contributed by atoms with van der Waals surface area (Å²) in [4.78, 5) is 0. The van der Waals surface area contributed by atoms with Crippen LogP contribution in [0.25, 0.3) is 0 Å². The Kier molecular flexibility index (Phi) is 19.9. The Balaban J connectivity index is 0. The molecule has 0 radical (unpaired) electrons. The van der Waals surface area contributed by atoms with Gasteiger partial charge in [0.25, 0.3) is 0 Å². The van der Waals surface area contributed by atoms with Crippen LogP contribution in [0.5, 0.6) is 0 Å². The van der Waals surface area contributed by atoms with Gasteiger partial charge in [-0.3, -0.25) is 0 Å². The number of alkyl halides is 2. The molecule has 0 aliphatic carbocycles. The molecule has 0 N–H and O–H groups in total. The van der Waals surface area contributed by atoms with Gasteiger partial charge >= 0.3 is 0 Å². The third-order valence-corrected chi connectivity index (χ3v) is 0. The summed E-state index contributed by atoms with van der Waals surface area (Å²) in [6, 6.07) is 0. The first-order valence-corrected chi connectivity index (χ1v) is 1.60. The van der Waals surface area contributed by atoms with E-state index in [0.29, 0.717) is 0 Å². The van der Waals surface area contributed by atoms with Crippen molar-refractivity contribution >= 4 is 23.2 Å². The Morgan fingerprint density at radius 3 is 1.25 bits per heavy atom. The first kappa shape index (κ1) is 8.92. The summed E-state index contributed by atoms with van der Waals surface area (Å²) < 4.78 is 0. The molecule has 0 nitrogen and oxygen atoms in total. The van der Waals surface area contributed by atoms with Crippen molar-refractivity contribution < 1.29 is 17.1 Å². The molecule has 0 aromatic carbocycles. The normalized spacial score (nSPS) is 4.50. The van der Waals surface area contributed by atoms with Crippen LogP contribution in [-0.2, 0) is 17.1 Å². The van der Waals surface area contributed by atoms with E-state index in [2.05, 4.69) is 0 Å². The first-order chi connectivity index (χ1) is 1.41. The van der Waals surface area contributed by atoms with Gasteiger partial charge in [-0.2, -0.15) is 0 Å². The molecule has 0 unspecified atom stereocenters. The summed E-state index contributed by atoms with van der Waals surface area (Å²) in [6.45, 7) is 0. The summed E-state index contributed by atoms with van der Waals surface area (Å²) in [5.41, 5.74) is 0. The van der Waals surface area contributed by atoms with Crippen LogP contribution < -0.4 is 0 Å². The minimum atomic E-state index is 0. The second-order valence-corrected chi connectivity index (χ2v) is 0.909. The van der Waals surface area contributed by atoms with Crippen molar-refractivity contribution in [2.45, 2.75) is 0 Å². The zero-order chi connectivity index (χ0) is 2.71. The predicted molar refractivity (Wildman–Crippen MR) is 16.6 cm³/mol. The first-order valence-electron chi connectivity index (χ1n) is 0.535. The van der Waals surface area contributed by atoms with E-state index in [1.54, 1.807) is 0 Å². The van der Waals surface area contributed by atoms with Gasteiger partial charge in [-0.15, -0.1) is 23.2 Å². The van der Waals surface area contributed by atoms with E-state index < -0.39 is 0 Å². The fourth-order valence-electron chi connectivity index (χ4n) is 0. The number of hydrogen-bond acceptors (Lipinski definition) is 0. The summed E-state index contributed by atoms with van der Waals surface area (Å²) in [5.74, 6) is 0. The van der Waals surface area contributed by atoms with Gasteiger partial charge in [0.15, 0.2) is 0 Å². The molecule has 0 atom stereocenters. The molecular weight excluding hydrogens is 139 g/mol. The van der Waals surface area contributed by atoms with E-state index in [1.807, 2.05) is 0 Å². The van der Waals surface area contributed by atoms with E-state index >= 15 is 0 Å². The molecule has 0 rings (SSSR count). The van der Waals surface area contributed by atoms with Crippen LogP contribution in [0.4, 0.5) is 0 Å². The van der Waals surface area contributed by atoms with Crippen molar-refractivity contribution in [1.29, 1.82) is 0 Å². The molecule has 0 aliphatic rings. The Labute approximate surface area is 45.9 Å². The number of rotatable bonds is 0. The van der Waals surface area contributed by atoms with E-state index in [9.17, 15) is 0 Å². The zero-order valence-corrected chi connectivity index (χ0v) is 4.43. The molecule has 0 aromatic rings. The largest absolute Gasteiger partial charge is 0.109 e. The van der Waals surface area contributed by atoms with Gasteiger partial charge in [0, 0.05) is 17.1 Å². The van der Waals surface area contributed by atoms with Crippen molar-refractivity contribution in [3.05, 3.63) is 0 Å². The third-order valence-electron chi connectivity index (χ3n) is 0. The molecule has 0 heterocycles. The van der Waals surface area contributed by atoms with Gasteiger partial charge in [0.05, 0.1) is 5.34 Å². The van der Waals surface area contributed by atoms with Crippen molar-refractivity contribution in [2.75, 3.05) is 5.34 Å². The summed E-state index contributed by atoms with van der Waals surface area (Å²) in [7, 11) is 0. The fraction of sp³-hybridized carbons (Fsp3) is 1.00. The smallest absolute Gasteiger partial charge is 0.0967 e. The van der Waals surface area contributed by atoms with E-state index in [-0.39, 0.29) is 22.4 Å². The van der Waals surface area contributed by atoms with Crippen LogP contribution in [-0.4, -0.2) is 5.34 Å². The zero-order valence-electron chi connectivity index (χ0n) is 1.82. The van der Waals surface area contributed by atoms with Gasteiger partial charge in [-0.1, -0.05) is 0 Å². The third kappa shape index (κ3) is 11.3. The topological polar surface area (TPSA) is 0 Å². The predicted octanol–water partition coefficient (Wildman–Crippen LogP) is 1.42. The minimum Gasteiger partial charge on any atom is -0.109 e. The van der Waals surface area contributed by atoms with Crippen LogP contribution in [0.1, 0.15) is 0 Å². The van der Waals surface area contributed by atoms with E-state index in [1.165, 1.54) is 0 Å². The van der Waals surface area contributed by atoms with E-state index in [0.717, 1.165) is 0 Å². The summed E-state index contributed by atoms with van der Waals surface area (Å²) in [6.07, 6.45) is 0. The summed E-state index contributed by atoms with van der Waals surface area (Å²) >= 11 is 9.53. The van der Waals surface area contributed by atoms with Crippen LogP contribution >= 0.6 is 23.2 Å². The Bertz CT molecular complexity index is 6.00. The Hall–Kier alpha value is 1.10. The van der Waals surface area contributed by atoms with Crippen LogP contribution in [0.15, 0.2) is 0 Å². The van der Waals surface area contributed by atoms with Crippen molar-refractivity contribution in [2.24, 2.45) is 0 Å². The average Bonchev–Trinajstić information content (AvgIpc) is 0.918. The van der Waals surface area contributed by atoms with Crippen LogP contribution in [0.3, 0.4) is 0 Å². The second kappa shape index (κ2) is 8.93. The Morgan fingerprint density at radius 1 is 1.25 bits per heavy atom. The van der Waals surface area contributed by atoms with Crippen LogP contribution in [0, 0.1) is 0 Å². The molecule has 4 heavy (non-hydrogen) atoms. The maximum absolute atomic E-state index is 4.76. The molecule has 0 fully saturated rings. The average molecular weight is 141 g/mol. The van der Waals surface area contributed by atoms with Gasteiger partial charge in [-0.05, 0) is 0 Å². The molecule has 0 aliphatic heterocycles. The quantitative estimate of drug-likeness (QED) is 0.353. The van der Waals surface area contributed by atoms with Crippen molar-refractivity contribution in [1.82, 2.24) is 0 Å². The molecule has 3 heteroatoms. The molecule has 0 spiro atoms. The molecular formula is CH2Cl2Fe. The fourth-order valence-corrected chi connectivity index (χ4v) is 0. The molecule has 28 valence electrons. The van der Waals surface area contributed by atoms with Gasteiger partial charge in [0.2, 0.25) is 0 Å². The van der Waals surface area contributed by atoms with Crippen LogP contribution in [0.2, 0.25) is 0 Å². The van der Waals surface area contributed by atoms with Crippen molar-refractivity contribution in [3.63, 3.8) is 0 Å².